The molecule has 3 nitrogen and oxygen atoms in total. The molecule has 0 saturated heterocycles. The Balaban J connectivity index is 4.14. The van der Waals surface area contributed by atoms with Crippen molar-refractivity contribution in [2.75, 3.05) is 20.1 Å². The Morgan fingerprint density at radius 2 is 1.89 bits per heavy atom. The monoisotopic (exact) mass is 256 g/mol. The minimum Gasteiger partial charge on any atom is -0.346 e. The molecule has 18 heavy (non-hydrogen) atoms. The third-order valence-electron chi connectivity index (χ3n) is 3.72. The van der Waals surface area contributed by atoms with Gasteiger partial charge in [0.15, 0.2) is 0 Å². The van der Waals surface area contributed by atoms with E-state index in [1.807, 2.05) is 11.9 Å². The van der Waals surface area contributed by atoms with E-state index >= 15 is 0 Å². The van der Waals surface area contributed by atoms with E-state index in [1.54, 1.807) is 0 Å². The Morgan fingerprint density at radius 3 is 2.33 bits per heavy atom. The second kappa shape index (κ2) is 8.52. The van der Waals surface area contributed by atoms with E-state index in [0.29, 0.717) is 18.9 Å². The van der Waals surface area contributed by atoms with Crippen LogP contribution in [-0.2, 0) is 4.79 Å². The maximum atomic E-state index is 12.0. The molecule has 0 bridgehead atoms. The third kappa shape index (κ3) is 7.00. The van der Waals surface area contributed by atoms with Crippen molar-refractivity contribution in [2.45, 2.75) is 59.8 Å². The molecule has 1 atom stereocenters. The highest BCUT2D eigenvalue weighted by Gasteiger charge is 2.24. The summed E-state index contributed by atoms with van der Waals surface area (Å²) in [6.07, 6.45) is 4.84. The second-order valence-electron chi connectivity index (χ2n) is 6.35. The van der Waals surface area contributed by atoms with Crippen LogP contribution < -0.4 is 5.73 Å². The van der Waals surface area contributed by atoms with Gasteiger partial charge in [-0.2, -0.15) is 0 Å². The molecule has 2 N–H and O–H groups in total. The van der Waals surface area contributed by atoms with Crippen molar-refractivity contribution in [3.8, 4) is 0 Å². The fraction of sp³-hybridized carbons (Fsp3) is 0.933. The van der Waals surface area contributed by atoms with Crippen molar-refractivity contribution in [1.82, 2.24) is 4.90 Å². The number of rotatable bonds is 8. The summed E-state index contributed by atoms with van der Waals surface area (Å²) in [5.74, 6) is 0.806. The van der Waals surface area contributed by atoms with Crippen LogP contribution >= 0.6 is 0 Å². The van der Waals surface area contributed by atoms with Crippen molar-refractivity contribution in [1.29, 1.82) is 0 Å². The van der Waals surface area contributed by atoms with Crippen LogP contribution in [0.4, 0.5) is 0 Å². The lowest BCUT2D eigenvalue weighted by Crippen LogP contribution is -2.30. The molecular formula is C15H32N2O. The molecule has 0 spiro atoms. The van der Waals surface area contributed by atoms with Gasteiger partial charge >= 0.3 is 0 Å². The fourth-order valence-electron chi connectivity index (χ4n) is 2.22. The standard InChI is InChI=1S/C15H32N2O/c1-6-7-12-17(5)14(18)9-8-13(10-11-16)15(2,3)4/h13H,6-12,16H2,1-5H3. The van der Waals surface area contributed by atoms with Gasteiger partial charge in [-0.1, -0.05) is 34.1 Å². The van der Waals surface area contributed by atoms with Gasteiger partial charge in [-0.3, -0.25) is 4.79 Å². The maximum absolute atomic E-state index is 12.0. The van der Waals surface area contributed by atoms with Gasteiger partial charge in [0.25, 0.3) is 0 Å². The van der Waals surface area contributed by atoms with Gasteiger partial charge in [0.2, 0.25) is 5.91 Å². The van der Waals surface area contributed by atoms with Crippen LogP contribution in [0.2, 0.25) is 0 Å². The average Bonchev–Trinajstić information content (AvgIpc) is 2.29. The number of nitrogens with zero attached hydrogens (tertiary/aromatic N) is 1. The van der Waals surface area contributed by atoms with Crippen molar-refractivity contribution in [3.05, 3.63) is 0 Å². The van der Waals surface area contributed by atoms with Crippen LogP contribution in [0.3, 0.4) is 0 Å². The SMILES string of the molecule is CCCCN(C)C(=O)CCC(CCN)C(C)(C)C. The number of carbonyl (C=O) groups is 1. The molecular weight excluding hydrogens is 224 g/mol. The van der Waals surface area contributed by atoms with Crippen molar-refractivity contribution >= 4 is 5.91 Å². The predicted octanol–water partition coefficient (Wildman–Crippen LogP) is 3.04. The molecule has 3 heteroatoms. The van der Waals surface area contributed by atoms with Gasteiger partial charge in [-0.05, 0) is 37.1 Å². The van der Waals surface area contributed by atoms with Gasteiger partial charge in [-0.25, -0.2) is 0 Å². The number of hydrogen-bond donors (Lipinski definition) is 1. The lowest BCUT2D eigenvalue weighted by Gasteiger charge is -2.31. The first-order valence-corrected chi connectivity index (χ1v) is 7.27. The Labute approximate surface area is 113 Å². The highest BCUT2D eigenvalue weighted by molar-refractivity contribution is 5.75. The van der Waals surface area contributed by atoms with E-state index in [1.165, 1.54) is 0 Å². The summed E-state index contributed by atoms with van der Waals surface area (Å²) >= 11 is 0. The molecule has 0 saturated carbocycles. The average molecular weight is 256 g/mol. The predicted molar refractivity (Wildman–Crippen MR) is 78.4 cm³/mol. The largest absolute Gasteiger partial charge is 0.346 e. The van der Waals surface area contributed by atoms with E-state index in [0.717, 1.165) is 32.2 Å². The molecule has 0 aromatic carbocycles. The normalized spacial score (nSPS) is 13.4. The van der Waals surface area contributed by atoms with E-state index in [4.69, 9.17) is 5.73 Å². The molecule has 0 heterocycles. The van der Waals surface area contributed by atoms with Crippen LogP contribution in [0.1, 0.15) is 59.8 Å². The quantitative estimate of drug-likeness (QED) is 0.725. The number of hydrogen-bond acceptors (Lipinski definition) is 2. The van der Waals surface area contributed by atoms with Crippen molar-refractivity contribution in [3.63, 3.8) is 0 Å². The topological polar surface area (TPSA) is 46.3 Å². The van der Waals surface area contributed by atoms with Crippen molar-refractivity contribution < 1.29 is 4.79 Å². The molecule has 0 aliphatic carbocycles. The van der Waals surface area contributed by atoms with E-state index < -0.39 is 0 Å². The minimum absolute atomic E-state index is 0.238. The molecule has 1 amide bonds. The zero-order valence-electron chi connectivity index (χ0n) is 13.0. The first kappa shape index (κ1) is 17.4. The summed E-state index contributed by atoms with van der Waals surface area (Å²) in [7, 11) is 1.91. The zero-order valence-corrected chi connectivity index (χ0v) is 13.0. The summed E-state index contributed by atoms with van der Waals surface area (Å²) in [5, 5.41) is 0. The summed E-state index contributed by atoms with van der Waals surface area (Å²) in [6.45, 7) is 10.4. The highest BCUT2D eigenvalue weighted by Crippen LogP contribution is 2.32. The Bertz CT molecular complexity index is 233. The van der Waals surface area contributed by atoms with Crippen LogP contribution in [0.5, 0.6) is 0 Å². The van der Waals surface area contributed by atoms with Crippen LogP contribution in [0, 0.1) is 11.3 Å². The highest BCUT2D eigenvalue weighted by atomic mass is 16.2. The molecule has 0 aromatic heterocycles. The Morgan fingerprint density at radius 1 is 1.28 bits per heavy atom. The second-order valence-corrected chi connectivity index (χ2v) is 6.35. The lowest BCUT2D eigenvalue weighted by atomic mass is 9.76. The molecule has 0 aliphatic heterocycles. The van der Waals surface area contributed by atoms with E-state index in [9.17, 15) is 4.79 Å². The van der Waals surface area contributed by atoms with E-state index in [2.05, 4.69) is 27.7 Å². The van der Waals surface area contributed by atoms with Gasteiger partial charge in [0.1, 0.15) is 0 Å². The zero-order chi connectivity index (χ0) is 14.2. The summed E-state index contributed by atoms with van der Waals surface area (Å²) < 4.78 is 0. The third-order valence-corrected chi connectivity index (χ3v) is 3.72. The minimum atomic E-state index is 0.238. The Kier molecular flexibility index (Phi) is 8.25. The van der Waals surface area contributed by atoms with E-state index in [-0.39, 0.29) is 11.3 Å². The molecule has 0 aliphatic rings. The van der Waals surface area contributed by atoms with Gasteiger partial charge in [0, 0.05) is 20.0 Å². The summed E-state index contributed by atoms with van der Waals surface area (Å²) in [5.41, 5.74) is 5.90. The summed E-state index contributed by atoms with van der Waals surface area (Å²) in [6, 6.07) is 0. The summed E-state index contributed by atoms with van der Waals surface area (Å²) in [4.78, 5) is 13.8. The maximum Gasteiger partial charge on any atom is 0.222 e. The Hall–Kier alpha value is -0.570. The number of carbonyl (C=O) groups excluding carboxylic acids is 1. The molecule has 0 radical (unpaired) electrons. The number of amides is 1. The number of unbranched alkanes of at least 4 members (excludes halogenated alkanes) is 1. The fourth-order valence-corrected chi connectivity index (χ4v) is 2.22. The lowest BCUT2D eigenvalue weighted by molar-refractivity contribution is -0.130. The molecule has 0 rings (SSSR count). The first-order valence-electron chi connectivity index (χ1n) is 7.27. The smallest absolute Gasteiger partial charge is 0.222 e. The van der Waals surface area contributed by atoms with Crippen LogP contribution in [0.25, 0.3) is 0 Å². The van der Waals surface area contributed by atoms with Gasteiger partial charge in [-0.15, -0.1) is 0 Å². The molecule has 0 aromatic rings. The van der Waals surface area contributed by atoms with Crippen LogP contribution in [0.15, 0.2) is 0 Å². The van der Waals surface area contributed by atoms with Crippen molar-refractivity contribution in [2.24, 2.45) is 17.1 Å². The van der Waals surface area contributed by atoms with Gasteiger partial charge in [0.05, 0.1) is 0 Å². The van der Waals surface area contributed by atoms with Crippen LogP contribution in [-0.4, -0.2) is 30.9 Å². The number of nitrogens with two attached hydrogens (primary N) is 1. The molecule has 1 unspecified atom stereocenters. The first-order chi connectivity index (χ1) is 8.32. The van der Waals surface area contributed by atoms with Gasteiger partial charge < -0.3 is 10.6 Å². The molecule has 0 fully saturated rings. The molecule has 108 valence electrons.